The second-order valence-electron chi connectivity index (χ2n) is 15.5. The number of hydrogen-bond acceptors (Lipinski definition) is 6. The summed E-state index contributed by atoms with van der Waals surface area (Å²) in [6.45, 7) is 0.322. The molecular formula is C52H50O6Sn2. The van der Waals surface area contributed by atoms with Crippen LogP contribution in [0.15, 0.2) is 212 Å². The van der Waals surface area contributed by atoms with Crippen LogP contribution in [0.1, 0.15) is 11.9 Å². The van der Waals surface area contributed by atoms with E-state index in [1.165, 1.54) is 21.5 Å². The van der Waals surface area contributed by atoms with Gasteiger partial charge in [0.05, 0.1) is 0 Å². The molecule has 0 N–H and O–H groups in total. The Hall–Kier alpha value is -4.10. The van der Waals surface area contributed by atoms with Gasteiger partial charge in [-0.05, 0) is 0 Å². The van der Waals surface area contributed by atoms with Crippen molar-refractivity contribution < 1.29 is 28.4 Å². The van der Waals surface area contributed by atoms with E-state index in [4.69, 9.17) is 28.4 Å². The fourth-order valence-corrected chi connectivity index (χ4v) is 33.3. The van der Waals surface area contributed by atoms with Crippen LogP contribution < -0.4 is 21.5 Å². The molecule has 7 aromatic rings. The second kappa shape index (κ2) is 19.3. The van der Waals surface area contributed by atoms with Gasteiger partial charge in [-0.1, -0.05) is 0 Å². The summed E-state index contributed by atoms with van der Waals surface area (Å²) in [5.41, 5.74) is 0.944. The molecule has 6 nitrogen and oxygen atoms in total. The minimum absolute atomic E-state index is 0.322. The van der Waals surface area contributed by atoms with Crippen molar-refractivity contribution in [3.05, 3.63) is 218 Å². The Morgan fingerprint density at radius 3 is 1.12 bits per heavy atom. The normalized spacial score (nSPS) is 21.8. The number of fused-ring (bicyclic) bond motifs is 1. The Labute approximate surface area is 361 Å². The quantitative estimate of drug-likeness (QED) is 0.131. The van der Waals surface area contributed by atoms with Gasteiger partial charge in [-0.15, -0.1) is 0 Å². The van der Waals surface area contributed by atoms with Crippen LogP contribution in [-0.4, -0.2) is 90.4 Å². The van der Waals surface area contributed by atoms with E-state index >= 15 is 0 Å². The molecule has 2 fully saturated rings. The van der Waals surface area contributed by atoms with Gasteiger partial charge in [-0.3, -0.25) is 0 Å². The van der Waals surface area contributed by atoms with Crippen molar-refractivity contribution in [2.24, 2.45) is 0 Å². The van der Waals surface area contributed by atoms with Crippen LogP contribution in [0.5, 0.6) is 0 Å². The summed E-state index contributed by atoms with van der Waals surface area (Å²) in [6, 6.07) is 75.9. The molecule has 0 spiro atoms. The summed E-state index contributed by atoms with van der Waals surface area (Å²) in [4.78, 5) is 0. The van der Waals surface area contributed by atoms with E-state index in [1.54, 1.807) is 7.11 Å². The Bertz CT molecular complexity index is 2170. The fraction of sp³-hybridized carbons (Fsp3) is 0.192. The molecule has 0 aliphatic carbocycles. The van der Waals surface area contributed by atoms with Crippen LogP contribution >= 0.6 is 0 Å². The topological polar surface area (TPSA) is 55.4 Å². The fourth-order valence-electron chi connectivity index (χ4n) is 9.16. The molecule has 0 amide bonds. The molecule has 0 bridgehead atoms. The van der Waals surface area contributed by atoms with Crippen LogP contribution in [0.25, 0.3) is 0 Å². The summed E-state index contributed by atoms with van der Waals surface area (Å²) >= 11 is -7.93. The molecule has 1 unspecified atom stereocenters. The van der Waals surface area contributed by atoms with Gasteiger partial charge in [0.15, 0.2) is 0 Å². The zero-order valence-electron chi connectivity index (χ0n) is 33.7. The van der Waals surface area contributed by atoms with Gasteiger partial charge in [0.1, 0.15) is 0 Å². The predicted molar refractivity (Wildman–Crippen MR) is 243 cm³/mol. The summed E-state index contributed by atoms with van der Waals surface area (Å²) in [7, 11) is 1.69. The summed E-state index contributed by atoms with van der Waals surface area (Å²) in [6.07, 6.45) is -3.49. The molecule has 60 heavy (non-hydrogen) atoms. The number of ether oxygens (including phenoxy) is 6. The van der Waals surface area contributed by atoms with E-state index in [-0.39, 0.29) is 0 Å². The molecule has 302 valence electrons. The van der Waals surface area contributed by atoms with Gasteiger partial charge in [0.2, 0.25) is 0 Å². The van der Waals surface area contributed by atoms with Crippen molar-refractivity contribution in [2.75, 3.05) is 23.0 Å². The van der Waals surface area contributed by atoms with E-state index in [1.807, 2.05) is 30.3 Å². The summed E-state index contributed by atoms with van der Waals surface area (Å²) in [5, 5.41) is 0. The Morgan fingerprint density at radius 1 is 0.433 bits per heavy atom. The van der Waals surface area contributed by atoms with Crippen molar-refractivity contribution in [3.63, 3.8) is 0 Å². The van der Waals surface area contributed by atoms with Crippen LogP contribution in [0.3, 0.4) is 0 Å². The number of rotatable bonds is 14. The molecule has 2 aliphatic heterocycles. The van der Waals surface area contributed by atoms with E-state index in [0.29, 0.717) is 15.9 Å². The maximum absolute atomic E-state index is 7.64. The Kier molecular flexibility index (Phi) is 13.3. The summed E-state index contributed by atoms with van der Waals surface area (Å²) in [5.74, 6) is 0. The Morgan fingerprint density at radius 2 is 0.767 bits per heavy atom. The third-order valence-electron chi connectivity index (χ3n) is 12.2. The van der Waals surface area contributed by atoms with Crippen molar-refractivity contribution in [3.8, 4) is 0 Å². The molecule has 0 radical (unpaired) electrons. The number of hydrogen-bond donors (Lipinski definition) is 0. The van der Waals surface area contributed by atoms with Crippen molar-refractivity contribution >= 4 is 58.2 Å². The van der Waals surface area contributed by atoms with Crippen LogP contribution in [0.4, 0.5) is 0 Å². The van der Waals surface area contributed by atoms with Gasteiger partial charge < -0.3 is 0 Å². The zero-order valence-corrected chi connectivity index (χ0v) is 39.5. The second-order valence-corrected chi connectivity index (χ2v) is 37.4. The van der Waals surface area contributed by atoms with E-state index < -0.39 is 73.7 Å². The first-order valence-corrected chi connectivity index (χ1v) is 33.4. The molecule has 0 aromatic heterocycles. The van der Waals surface area contributed by atoms with Gasteiger partial charge in [0, 0.05) is 0 Å². The molecule has 8 heteroatoms. The van der Waals surface area contributed by atoms with Gasteiger partial charge in [-0.2, -0.15) is 0 Å². The van der Waals surface area contributed by atoms with E-state index in [0.717, 1.165) is 5.56 Å². The molecule has 2 heterocycles. The molecule has 2 saturated heterocycles. The van der Waals surface area contributed by atoms with Crippen molar-refractivity contribution in [1.82, 2.24) is 0 Å². The average Bonchev–Trinajstić information content (AvgIpc) is 3.34. The molecule has 6 atom stereocenters. The maximum atomic E-state index is 7.64. The van der Waals surface area contributed by atoms with Crippen LogP contribution in [0, 0.1) is 0 Å². The molecule has 7 aromatic carbocycles. The molecular weight excluding hydrogens is 958 g/mol. The monoisotopic (exact) mass is 1010 g/mol. The minimum atomic E-state index is -3.97. The first-order valence-electron chi connectivity index (χ1n) is 20.8. The van der Waals surface area contributed by atoms with Crippen molar-refractivity contribution in [1.29, 1.82) is 0 Å². The first-order chi connectivity index (χ1) is 29.7. The number of benzene rings is 7. The standard InChI is InChI=1S/C16H20O6.6C6H5.2Sn/c1-17-13-12-11(21-16(19-3)14(13)18-2)9-20-15(22-12)10-7-5-4-6-8-10;6*1-2-4-6-5-3-1;;/h4-8,11-16H,1-2,9H2,3H3;6*1-5H;;/t11-,12-,13+,14-,15?,16+;;;;;;;;/m1......../s1. The SMILES string of the molecule is CO[C@H]1O[C@@H]2COC(c3ccccc3)O[C@H]2[C@H](O[CH2][Sn]([c]2ccccc2)([c]2ccccc2)[c]2ccccc2)[C@H]1O[CH2][Sn]([c]1ccccc1)([c]1ccccc1)[c]1ccccc1. The van der Waals surface area contributed by atoms with Crippen LogP contribution in [-0.2, 0) is 28.4 Å². The first kappa shape index (κ1) is 41.3. The Balaban J connectivity index is 1.17. The van der Waals surface area contributed by atoms with E-state index in [9.17, 15) is 0 Å². The predicted octanol–water partition coefficient (Wildman–Crippen LogP) is 5.66. The molecule has 2 aliphatic rings. The zero-order chi connectivity index (χ0) is 40.6. The average molecular weight is 1010 g/mol. The van der Waals surface area contributed by atoms with Gasteiger partial charge >= 0.3 is 364 Å². The van der Waals surface area contributed by atoms with Gasteiger partial charge in [-0.25, -0.2) is 0 Å². The van der Waals surface area contributed by atoms with Crippen LogP contribution in [0.2, 0.25) is 0 Å². The molecule has 0 saturated carbocycles. The third-order valence-corrected chi connectivity index (χ3v) is 38.2. The van der Waals surface area contributed by atoms with Gasteiger partial charge in [0.25, 0.3) is 0 Å². The summed E-state index contributed by atoms with van der Waals surface area (Å²) < 4.78 is 50.6. The van der Waals surface area contributed by atoms with Crippen molar-refractivity contribution in [2.45, 2.75) is 37.0 Å². The van der Waals surface area contributed by atoms with E-state index in [2.05, 4.69) is 182 Å². The number of methoxy groups -OCH3 is 1. The molecule has 9 rings (SSSR count). The third kappa shape index (κ3) is 8.29.